The monoisotopic (exact) mass is 518 g/mol. The molecule has 1 unspecified atom stereocenters. The zero-order valence-corrected chi connectivity index (χ0v) is 19.5. The molecule has 2 heterocycles. The molecular weight excluding hydrogens is 491 g/mol. The molecule has 1 aliphatic rings. The van der Waals surface area contributed by atoms with Crippen LogP contribution in [-0.2, 0) is 19.5 Å². The van der Waals surface area contributed by atoms with Gasteiger partial charge in [-0.3, -0.25) is 4.99 Å². The van der Waals surface area contributed by atoms with Gasteiger partial charge in [0.05, 0.1) is 6.54 Å². The fourth-order valence-corrected chi connectivity index (χ4v) is 3.48. The van der Waals surface area contributed by atoms with Crippen molar-refractivity contribution in [1.29, 1.82) is 0 Å². The summed E-state index contributed by atoms with van der Waals surface area (Å²) in [6.45, 7) is 3.47. The van der Waals surface area contributed by atoms with Crippen LogP contribution >= 0.6 is 24.0 Å². The summed E-state index contributed by atoms with van der Waals surface area (Å²) in [5.41, 5.74) is 2.24. The summed E-state index contributed by atoms with van der Waals surface area (Å²) in [6.07, 6.45) is 3.55. The van der Waals surface area contributed by atoms with Crippen LogP contribution in [0.2, 0.25) is 0 Å². The number of ether oxygens (including phenoxy) is 1. The summed E-state index contributed by atoms with van der Waals surface area (Å²) >= 11 is 0. The molecule has 0 amide bonds. The van der Waals surface area contributed by atoms with E-state index in [0.29, 0.717) is 6.54 Å². The first-order valence-corrected chi connectivity index (χ1v) is 9.87. The Bertz CT molecular complexity index is 1000. The number of aryl methyl sites for hydroxylation is 2. The zero-order chi connectivity index (χ0) is 20.1. The van der Waals surface area contributed by atoms with Crippen molar-refractivity contribution in [2.24, 2.45) is 4.99 Å². The number of hydrogen-bond donors (Lipinski definition) is 2. The molecule has 0 saturated carbocycles. The summed E-state index contributed by atoms with van der Waals surface area (Å²) in [6, 6.07) is 16.4. The first-order valence-electron chi connectivity index (χ1n) is 9.87. The molecule has 2 aromatic carbocycles. The second-order valence-corrected chi connectivity index (χ2v) is 7.19. The minimum absolute atomic E-state index is 0. The first-order chi connectivity index (χ1) is 14.2. The van der Waals surface area contributed by atoms with E-state index in [1.807, 2.05) is 41.1 Å². The maximum atomic E-state index is 6.12. The number of aromatic nitrogens is 3. The van der Waals surface area contributed by atoms with E-state index in [-0.39, 0.29) is 30.0 Å². The van der Waals surface area contributed by atoms with Crippen molar-refractivity contribution < 1.29 is 4.74 Å². The van der Waals surface area contributed by atoms with Crippen molar-refractivity contribution in [3.05, 3.63) is 71.8 Å². The Balaban J connectivity index is 0.00000256. The Kier molecular flexibility index (Phi) is 7.67. The molecule has 0 bridgehead atoms. The van der Waals surface area contributed by atoms with Crippen molar-refractivity contribution in [2.75, 3.05) is 7.05 Å². The van der Waals surface area contributed by atoms with E-state index in [2.05, 4.69) is 44.8 Å². The average molecular weight is 518 g/mol. The zero-order valence-electron chi connectivity index (χ0n) is 17.2. The van der Waals surface area contributed by atoms with Gasteiger partial charge in [0.25, 0.3) is 0 Å². The van der Waals surface area contributed by atoms with Gasteiger partial charge in [0.2, 0.25) is 0 Å². The molecule has 4 rings (SSSR count). The van der Waals surface area contributed by atoms with Crippen LogP contribution in [-0.4, -0.2) is 33.8 Å². The van der Waals surface area contributed by atoms with Crippen LogP contribution in [0.4, 0.5) is 0 Å². The highest BCUT2D eigenvalue weighted by Gasteiger charge is 2.20. The molecule has 30 heavy (non-hydrogen) atoms. The third-order valence-electron chi connectivity index (χ3n) is 5.01. The minimum atomic E-state index is 0. The number of para-hydroxylation sites is 1. The molecule has 7 nitrogen and oxygen atoms in total. The van der Waals surface area contributed by atoms with E-state index in [4.69, 9.17) is 4.74 Å². The second-order valence-electron chi connectivity index (χ2n) is 7.19. The molecule has 3 aromatic rings. The largest absolute Gasteiger partial charge is 0.457 e. The number of nitrogens with one attached hydrogen (secondary N) is 2. The van der Waals surface area contributed by atoms with Gasteiger partial charge < -0.3 is 15.4 Å². The van der Waals surface area contributed by atoms with Crippen molar-refractivity contribution in [2.45, 2.75) is 38.9 Å². The van der Waals surface area contributed by atoms with E-state index in [9.17, 15) is 0 Å². The Morgan fingerprint density at radius 3 is 2.93 bits per heavy atom. The van der Waals surface area contributed by atoms with Crippen LogP contribution in [0.25, 0.3) is 0 Å². The molecule has 0 aliphatic carbocycles. The first kappa shape index (κ1) is 22.1. The molecule has 0 fully saturated rings. The molecular formula is C22H27IN6O. The SMILES string of the molecule is CN=C(NCc1ccccc1Oc1cccc(C)c1)NC1CCc2ncnn2C1.I. The van der Waals surface area contributed by atoms with Crippen molar-refractivity contribution in [1.82, 2.24) is 25.4 Å². The van der Waals surface area contributed by atoms with Crippen molar-refractivity contribution in [3.8, 4) is 11.5 Å². The van der Waals surface area contributed by atoms with E-state index >= 15 is 0 Å². The lowest BCUT2D eigenvalue weighted by Gasteiger charge is -2.25. The molecule has 8 heteroatoms. The molecule has 0 spiro atoms. The number of fused-ring (bicyclic) bond motifs is 1. The second kappa shape index (κ2) is 10.4. The smallest absolute Gasteiger partial charge is 0.191 e. The normalized spacial score (nSPS) is 15.7. The van der Waals surface area contributed by atoms with Crippen LogP contribution in [0.1, 0.15) is 23.4 Å². The van der Waals surface area contributed by atoms with E-state index < -0.39 is 0 Å². The van der Waals surface area contributed by atoms with Crippen molar-refractivity contribution >= 4 is 29.9 Å². The number of aliphatic imine (C=N–C) groups is 1. The number of guanidine groups is 1. The van der Waals surface area contributed by atoms with Crippen LogP contribution in [0.3, 0.4) is 0 Å². The van der Waals surface area contributed by atoms with Gasteiger partial charge in [-0.25, -0.2) is 9.67 Å². The predicted molar refractivity (Wildman–Crippen MR) is 129 cm³/mol. The molecule has 1 aliphatic heterocycles. The fourth-order valence-electron chi connectivity index (χ4n) is 3.48. The van der Waals surface area contributed by atoms with Crippen LogP contribution < -0.4 is 15.4 Å². The van der Waals surface area contributed by atoms with Crippen molar-refractivity contribution in [3.63, 3.8) is 0 Å². The highest BCUT2D eigenvalue weighted by Crippen LogP contribution is 2.25. The topological polar surface area (TPSA) is 76.4 Å². The van der Waals surface area contributed by atoms with E-state index in [0.717, 1.165) is 48.2 Å². The van der Waals surface area contributed by atoms with Gasteiger partial charge >= 0.3 is 0 Å². The highest BCUT2D eigenvalue weighted by molar-refractivity contribution is 14.0. The summed E-state index contributed by atoms with van der Waals surface area (Å²) in [7, 11) is 1.79. The van der Waals surface area contributed by atoms with E-state index in [1.165, 1.54) is 5.56 Å². The van der Waals surface area contributed by atoms with Gasteiger partial charge in [0.15, 0.2) is 5.96 Å². The van der Waals surface area contributed by atoms with E-state index in [1.54, 1.807) is 13.4 Å². The lowest BCUT2D eigenvalue weighted by atomic mass is 10.1. The molecule has 1 aromatic heterocycles. The maximum Gasteiger partial charge on any atom is 0.191 e. The highest BCUT2D eigenvalue weighted by atomic mass is 127. The molecule has 0 radical (unpaired) electrons. The third kappa shape index (κ3) is 5.50. The van der Waals surface area contributed by atoms with Gasteiger partial charge in [-0.1, -0.05) is 30.3 Å². The summed E-state index contributed by atoms with van der Waals surface area (Å²) in [5, 5.41) is 11.2. The Labute approximate surface area is 194 Å². The van der Waals surface area contributed by atoms with Crippen LogP contribution in [0.15, 0.2) is 59.9 Å². The number of hydrogen-bond acceptors (Lipinski definition) is 4. The van der Waals surface area contributed by atoms with Gasteiger partial charge in [-0.15, -0.1) is 24.0 Å². The lowest BCUT2D eigenvalue weighted by molar-refractivity contribution is 0.392. The van der Waals surface area contributed by atoms with Gasteiger partial charge in [0, 0.05) is 31.6 Å². The quantitative estimate of drug-likeness (QED) is 0.306. The maximum absolute atomic E-state index is 6.12. The Morgan fingerprint density at radius 2 is 2.10 bits per heavy atom. The van der Waals surface area contributed by atoms with Crippen LogP contribution in [0.5, 0.6) is 11.5 Å². The Hall–Kier alpha value is -2.62. The molecule has 1 atom stereocenters. The van der Waals surface area contributed by atoms with Gasteiger partial charge in [-0.2, -0.15) is 5.10 Å². The van der Waals surface area contributed by atoms with Gasteiger partial charge in [-0.05, 0) is 37.1 Å². The fraction of sp³-hybridized carbons (Fsp3) is 0.318. The van der Waals surface area contributed by atoms with Gasteiger partial charge in [0.1, 0.15) is 23.7 Å². The summed E-state index contributed by atoms with van der Waals surface area (Å²) < 4.78 is 8.08. The molecule has 2 N–H and O–H groups in total. The van der Waals surface area contributed by atoms with Crippen LogP contribution in [0, 0.1) is 6.92 Å². The third-order valence-corrected chi connectivity index (χ3v) is 5.01. The standard InChI is InChI=1S/C22H26N6O.HI/c1-16-6-5-8-19(12-16)29-20-9-4-3-7-17(20)13-24-22(23-2)27-18-10-11-21-25-15-26-28(21)14-18;/h3-9,12,15,18H,10-11,13-14H2,1-2H3,(H2,23,24,27);1H. The molecule has 158 valence electrons. The average Bonchev–Trinajstić information content (AvgIpc) is 3.20. The number of halogens is 1. The number of benzene rings is 2. The summed E-state index contributed by atoms with van der Waals surface area (Å²) in [4.78, 5) is 8.65. The lowest BCUT2D eigenvalue weighted by Crippen LogP contribution is -2.46. The minimum Gasteiger partial charge on any atom is -0.457 e. The predicted octanol–water partition coefficient (Wildman–Crippen LogP) is 3.68. The number of nitrogens with zero attached hydrogens (tertiary/aromatic N) is 4. The Morgan fingerprint density at radius 1 is 1.23 bits per heavy atom. The number of rotatable bonds is 5. The summed E-state index contributed by atoms with van der Waals surface area (Å²) in [5.74, 6) is 3.49. The molecule has 0 saturated heterocycles.